The zero-order chi connectivity index (χ0) is 19.9. The summed E-state index contributed by atoms with van der Waals surface area (Å²) in [7, 11) is 0. The van der Waals surface area contributed by atoms with E-state index >= 15 is 0 Å². The number of carbonyl (C=O) groups excluding carboxylic acids is 2. The van der Waals surface area contributed by atoms with Gasteiger partial charge in [-0.25, -0.2) is 0 Å². The fourth-order valence-corrected chi connectivity index (χ4v) is 4.38. The Morgan fingerprint density at radius 3 is 2.43 bits per heavy atom. The van der Waals surface area contributed by atoms with E-state index in [1.807, 2.05) is 36.1 Å². The summed E-state index contributed by atoms with van der Waals surface area (Å²) >= 11 is 0. The Morgan fingerprint density at radius 2 is 1.75 bits per heavy atom. The van der Waals surface area contributed by atoms with E-state index in [0.29, 0.717) is 18.4 Å². The van der Waals surface area contributed by atoms with Crippen molar-refractivity contribution in [2.24, 2.45) is 5.92 Å². The molecule has 2 amide bonds. The number of aryl methyl sites for hydroxylation is 1. The standard InChI is InChI=1S/C23H35N3O2/c1-18-6-8-21(9-7-18)23(28)26-14-10-20(11-15-26)17-22(27)24-12-16-25-13-4-3-5-19(25)2/h6-9,19-20H,3-5,10-17H2,1-2H3,(H,24,27). The second kappa shape index (κ2) is 10.1. The third-order valence-electron chi connectivity index (χ3n) is 6.34. The van der Waals surface area contributed by atoms with Gasteiger partial charge in [0.1, 0.15) is 0 Å². The van der Waals surface area contributed by atoms with Crippen LogP contribution in [0.3, 0.4) is 0 Å². The monoisotopic (exact) mass is 385 g/mol. The lowest BCUT2D eigenvalue weighted by Crippen LogP contribution is -2.43. The lowest BCUT2D eigenvalue weighted by atomic mass is 9.93. The molecule has 1 unspecified atom stereocenters. The summed E-state index contributed by atoms with van der Waals surface area (Å²) in [5, 5.41) is 3.10. The Labute approximate surface area is 169 Å². The highest BCUT2D eigenvalue weighted by atomic mass is 16.2. The van der Waals surface area contributed by atoms with Gasteiger partial charge < -0.3 is 10.2 Å². The molecule has 0 spiro atoms. The molecule has 5 nitrogen and oxygen atoms in total. The molecule has 0 aromatic heterocycles. The number of hydrogen-bond donors (Lipinski definition) is 1. The molecule has 1 aromatic carbocycles. The van der Waals surface area contributed by atoms with E-state index in [4.69, 9.17) is 0 Å². The van der Waals surface area contributed by atoms with Crippen LogP contribution in [0.25, 0.3) is 0 Å². The van der Waals surface area contributed by atoms with Crippen molar-refractivity contribution in [1.82, 2.24) is 15.1 Å². The molecule has 0 radical (unpaired) electrons. The first-order chi connectivity index (χ1) is 13.5. The molecule has 2 fully saturated rings. The van der Waals surface area contributed by atoms with Crippen LogP contribution in [0.2, 0.25) is 0 Å². The van der Waals surface area contributed by atoms with Crippen molar-refractivity contribution in [3.05, 3.63) is 35.4 Å². The lowest BCUT2D eigenvalue weighted by Gasteiger charge is -2.33. The average molecular weight is 386 g/mol. The molecule has 0 bridgehead atoms. The Kier molecular flexibility index (Phi) is 7.49. The molecule has 2 aliphatic heterocycles. The van der Waals surface area contributed by atoms with Gasteiger partial charge in [-0.2, -0.15) is 0 Å². The highest BCUT2D eigenvalue weighted by molar-refractivity contribution is 5.94. The fourth-order valence-electron chi connectivity index (χ4n) is 4.38. The van der Waals surface area contributed by atoms with Gasteiger partial charge in [0.2, 0.25) is 5.91 Å². The van der Waals surface area contributed by atoms with Crippen LogP contribution in [0, 0.1) is 12.8 Å². The summed E-state index contributed by atoms with van der Waals surface area (Å²) in [6.07, 6.45) is 6.28. The largest absolute Gasteiger partial charge is 0.355 e. The summed E-state index contributed by atoms with van der Waals surface area (Å²) in [4.78, 5) is 29.3. The minimum atomic E-state index is 0.110. The summed E-state index contributed by atoms with van der Waals surface area (Å²) < 4.78 is 0. The molecule has 0 saturated carbocycles. The lowest BCUT2D eigenvalue weighted by molar-refractivity contribution is -0.122. The molecular weight excluding hydrogens is 350 g/mol. The van der Waals surface area contributed by atoms with Gasteiger partial charge in [0.25, 0.3) is 5.91 Å². The highest BCUT2D eigenvalue weighted by Gasteiger charge is 2.25. The van der Waals surface area contributed by atoms with Crippen molar-refractivity contribution >= 4 is 11.8 Å². The number of carbonyl (C=O) groups is 2. The smallest absolute Gasteiger partial charge is 0.253 e. The van der Waals surface area contributed by atoms with Crippen molar-refractivity contribution < 1.29 is 9.59 Å². The van der Waals surface area contributed by atoms with Crippen molar-refractivity contribution in [2.75, 3.05) is 32.7 Å². The quantitative estimate of drug-likeness (QED) is 0.818. The average Bonchev–Trinajstić information content (AvgIpc) is 2.70. The topological polar surface area (TPSA) is 52.7 Å². The van der Waals surface area contributed by atoms with E-state index in [1.54, 1.807) is 0 Å². The van der Waals surface area contributed by atoms with Gasteiger partial charge in [-0.15, -0.1) is 0 Å². The molecule has 1 aromatic rings. The molecule has 154 valence electrons. The van der Waals surface area contributed by atoms with E-state index in [-0.39, 0.29) is 11.8 Å². The van der Waals surface area contributed by atoms with Gasteiger partial charge >= 0.3 is 0 Å². The second-order valence-electron chi connectivity index (χ2n) is 8.54. The summed E-state index contributed by atoms with van der Waals surface area (Å²) in [6, 6.07) is 8.41. The van der Waals surface area contributed by atoms with Gasteiger partial charge in [-0.05, 0) is 64.1 Å². The van der Waals surface area contributed by atoms with E-state index < -0.39 is 0 Å². The predicted molar refractivity (Wildman–Crippen MR) is 112 cm³/mol. The van der Waals surface area contributed by atoms with Crippen LogP contribution in [0.4, 0.5) is 0 Å². The van der Waals surface area contributed by atoms with Gasteiger partial charge in [-0.1, -0.05) is 24.1 Å². The minimum absolute atomic E-state index is 0.110. The van der Waals surface area contributed by atoms with Gasteiger partial charge in [0.05, 0.1) is 0 Å². The Balaban J connectivity index is 1.35. The number of nitrogens with one attached hydrogen (secondary N) is 1. The zero-order valence-electron chi connectivity index (χ0n) is 17.5. The molecular formula is C23H35N3O2. The fraction of sp³-hybridized carbons (Fsp3) is 0.652. The molecule has 2 heterocycles. The first kappa shape index (κ1) is 20.8. The van der Waals surface area contributed by atoms with Crippen LogP contribution < -0.4 is 5.32 Å². The Bertz CT molecular complexity index is 650. The number of rotatable bonds is 6. The number of amides is 2. The molecule has 2 aliphatic rings. The first-order valence-electron chi connectivity index (χ1n) is 10.9. The van der Waals surface area contributed by atoms with E-state index in [0.717, 1.165) is 56.7 Å². The normalized spacial score (nSPS) is 21.5. The third kappa shape index (κ3) is 5.81. The Hall–Kier alpha value is -1.88. The molecule has 3 rings (SSSR count). The predicted octanol–water partition coefficient (Wildman–Crippen LogP) is 3.23. The van der Waals surface area contributed by atoms with Gasteiger partial charge in [-0.3, -0.25) is 14.5 Å². The summed E-state index contributed by atoms with van der Waals surface area (Å²) in [6.45, 7) is 8.66. The molecule has 1 N–H and O–H groups in total. The number of piperidine rings is 2. The van der Waals surface area contributed by atoms with Crippen LogP contribution in [-0.2, 0) is 4.79 Å². The maximum atomic E-state index is 12.6. The summed E-state index contributed by atoms with van der Waals surface area (Å²) in [5.41, 5.74) is 1.92. The van der Waals surface area contributed by atoms with Crippen LogP contribution >= 0.6 is 0 Å². The zero-order valence-corrected chi connectivity index (χ0v) is 17.5. The summed E-state index contributed by atoms with van der Waals surface area (Å²) in [5.74, 6) is 0.655. The van der Waals surface area contributed by atoms with Gasteiger partial charge in [0, 0.05) is 44.2 Å². The van der Waals surface area contributed by atoms with Crippen molar-refractivity contribution in [1.29, 1.82) is 0 Å². The molecule has 5 heteroatoms. The maximum absolute atomic E-state index is 12.6. The van der Waals surface area contributed by atoms with Crippen LogP contribution in [-0.4, -0.2) is 60.4 Å². The molecule has 28 heavy (non-hydrogen) atoms. The van der Waals surface area contributed by atoms with Crippen LogP contribution in [0.15, 0.2) is 24.3 Å². The highest BCUT2D eigenvalue weighted by Crippen LogP contribution is 2.22. The van der Waals surface area contributed by atoms with E-state index in [9.17, 15) is 9.59 Å². The second-order valence-corrected chi connectivity index (χ2v) is 8.54. The van der Waals surface area contributed by atoms with E-state index in [2.05, 4.69) is 17.1 Å². The van der Waals surface area contributed by atoms with E-state index in [1.165, 1.54) is 19.3 Å². The third-order valence-corrected chi connectivity index (χ3v) is 6.34. The van der Waals surface area contributed by atoms with Crippen molar-refractivity contribution in [3.8, 4) is 0 Å². The number of likely N-dealkylation sites (tertiary alicyclic amines) is 2. The maximum Gasteiger partial charge on any atom is 0.253 e. The number of benzene rings is 1. The van der Waals surface area contributed by atoms with Crippen LogP contribution in [0.5, 0.6) is 0 Å². The Morgan fingerprint density at radius 1 is 1.04 bits per heavy atom. The molecule has 0 aliphatic carbocycles. The number of nitrogens with zero attached hydrogens (tertiary/aromatic N) is 2. The molecule has 1 atom stereocenters. The molecule has 2 saturated heterocycles. The first-order valence-corrected chi connectivity index (χ1v) is 10.9. The van der Waals surface area contributed by atoms with Crippen molar-refractivity contribution in [3.63, 3.8) is 0 Å². The minimum Gasteiger partial charge on any atom is -0.355 e. The number of hydrogen-bond acceptors (Lipinski definition) is 3. The SMILES string of the molecule is Cc1ccc(C(=O)N2CCC(CC(=O)NCCN3CCCCC3C)CC2)cc1. The van der Waals surface area contributed by atoms with Gasteiger partial charge in [0.15, 0.2) is 0 Å². The van der Waals surface area contributed by atoms with Crippen LogP contribution in [0.1, 0.15) is 61.4 Å². The van der Waals surface area contributed by atoms with Crippen molar-refractivity contribution in [2.45, 2.75) is 58.4 Å².